The first kappa shape index (κ1) is 17.3. The molecule has 1 saturated carbocycles. The van der Waals surface area contributed by atoms with E-state index in [1.807, 2.05) is 47.8 Å². The maximum atomic E-state index is 6.25. The molecule has 4 aromatic rings. The summed E-state index contributed by atoms with van der Waals surface area (Å²) >= 11 is 7.86. The first-order valence-corrected chi connectivity index (χ1v) is 10.3. The van der Waals surface area contributed by atoms with E-state index in [2.05, 4.69) is 27.5 Å². The predicted octanol–water partition coefficient (Wildman–Crippen LogP) is 6.40. The molecule has 0 unspecified atom stereocenters. The van der Waals surface area contributed by atoms with E-state index in [0.29, 0.717) is 22.6 Å². The molecule has 7 heteroatoms. The van der Waals surface area contributed by atoms with E-state index in [1.54, 1.807) is 22.3 Å². The van der Waals surface area contributed by atoms with Crippen molar-refractivity contribution in [1.29, 1.82) is 0 Å². The molecule has 5 nitrogen and oxygen atoms in total. The number of hydrogen-bond donors (Lipinski definition) is 1. The van der Waals surface area contributed by atoms with Gasteiger partial charge in [0.25, 0.3) is 0 Å². The number of halogens is 1. The first-order valence-electron chi connectivity index (χ1n) is 9.04. The molecule has 0 atom stereocenters. The van der Waals surface area contributed by atoms with E-state index in [0.717, 1.165) is 16.4 Å². The van der Waals surface area contributed by atoms with Crippen LogP contribution in [-0.2, 0) is 0 Å². The number of thiophene rings is 1. The second-order valence-electron chi connectivity index (χ2n) is 6.69. The maximum Gasteiger partial charge on any atom is 0.246 e. The summed E-state index contributed by atoms with van der Waals surface area (Å²) in [5.74, 6) is 2.53. The molecular formula is C21H17ClN4OS. The topological polar surface area (TPSA) is 52.0 Å². The molecule has 1 N–H and O–H groups in total. The summed E-state index contributed by atoms with van der Waals surface area (Å²) in [6.07, 6.45) is 4.13. The number of nitrogens with one attached hydrogen (secondary N) is 1. The fourth-order valence-electron chi connectivity index (χ4n) is 3.02. The van der Waals surface area contributed by atoms with Gasteiger partial charge in [0.05, 0.1) is 5.02 Å². The van der Waals surface area contributed by atoms with Gasteiger partial charge in [-0.05, 0) is 66.1 Å². The van der Waals surface area contributed by atoms with Gasteiger partial charge in [0, 0.05) is 11.8 Å². The van der Waals surface area contributed by atoms with Gasteiger partial charge in [-0.15, -0.1) is 16.4 Å². The summed E-state index contributed by atoms with van der Waals surface area (Å²) in [4.78, 5) is 4.37. The van der Waals surface area contributed by atoms with Crippen LogP contribution in [0.2, 0.25) is 5.02 Å². The minimum Gasteiger partial charge on any atom is -0.456 e. The smallest absolute Gasteiger partial charge is 0.246 e. The van der Waals surface area contributed by atoms with Crippen molar-refractivity contribution in [3.05, 3.63) is 76.9 Å². The van der Waals surface area contributed by atoms with Crippen molar-refractivity contribution in [1.82, 2.24) is 14.8 Å². The highest BCUT2D eigenvalue weighted by Crippen LogP contribution is 2.43. The van der Waals surface area contributed by atoms with Gasteiger partial charge in [0.2, 0.25) is 5.95 Å². The highest BCUT2D eigenvalue weighted by molar-refractivity contribution is 7.12. The second kappa shape index (κ2) is 7.30. The third-order valence-corrected chi connectivity index (χ3v) is 5.69. The molecule has 1 aliphatic carbocycles. The molecule has 2 heterocycles. The highest BCUT2D eigenvalue weighted by atomic mass is 35.5. The molecule has 1 aliphatic rings. The number of ether oxygens (including phenoxy) is 1. The molecule has 0 aliphatic heterocycles. The normalized spacial score (nSPS) is 13.5. The zero-order chi connectivity index (χ0) is 18.9. The number of hydrogen-bond acceptors (Lipinski definition) is 5. The Labute approximate surface area is 171 Å². The van der Waals surface area contributed by atoms with Crippen LogP contribution in [0.15, 0.2) is 66.3 Å². The van der Waals surface area contributed by atoms with Crippen LogP contribution < -0.4 is 10.1 Å². The summed E-state index contributed by atoms with van der Waals surface area (Å²) in [5, 5.41) is 11.4. The molecule has 0 saturated heterocycles. The molecule has 2 aromatic heterocycles. The molecule has 0 bridgehead atoms. The van der Waals surface area contributed by atoms with Crippen molar-refractivity contribution in [2.24, 2.45) is 0 Å². The molecule has 140 valence electrons. The number of anilines is 2. The second-order valence-corrected chi connectivity index (χ2v) is 8.02. The first-order chi connectivity index (χ1) is 13.7. The fraction of sp³-hybridized carbons (Fsp3) is 0.143. The number of rotatable bonds is 6. The van der Waals surface area contributed by atoms with Gasteiger partial charge in [0.1, 0.15) is 22.8 Å². The van der Waals surface area contributed by atoms with Crippen LogP contribution in [0, 0.1) is 0 Å². The van der Waals surface area contributed by atoms with Gasteiger partial charge in [-0.1, -0.05) is 23.7 Å². The fourth-order valence-corrected chi connectivity index (χ4v) is 3.84. The number of aromatic nitrogens is 3. The van der Waals surface area contributed by atoms with Crippen LogP contribution in [0.5, 0.6) is 11.5 Å². The zero-order valence-electron chi connectivity index (χ0n) is 14.9. The summed E-state index contributed by atoms with van der Waals surface area (Å²) in [5.41, 5.74) is 2.15. The quantitative estimate of drug-likeness (QED) is 0.401. The summed E-state index contributed by atoms with van der Waals surface area (Å²) in [6.45, 7) is 0. The van der Waals surface area contributed by atoms with Crippen LogP contribution in [0.4, 0.5) is 11.6 Å². The van der Waals surface area contributed by atoms with Gasteiger partial charge >= 0.3 is 0 Å². The molecule has 5 rings (SSSR count). The molecule has 0 radical (unpaired) electrons. The Kier molecular flexibility index (Phi) is 4.50. The lowest BCUT2D eigenvalue weighted by Crippen LogP contribution is -1.97. The Morgan fingerprint density at radius 3 is 2.79 bits per heavy atom. The number of nitrogens with zero attached hydrogens (tertiary/aromatic N) is 3. The zero-order valence-corrected chi connectivity index (χ0v) is 16.5. The standard InChI is InChI=1S/C21H17ClN4OS/c22-18-4-1-2-5-19(18)27-17-11-15(14-7-8-14)10-16(12-17)24-21-23-13-26(25-21)20-6-3-9-28-20/h1-6,9-14H,7-8H2,(H,24,25). The molecule has 2 aromatic carbocycles. The summed E-state index contributed by atoms with van der Waals surface area (Å²) in [6, 6.07) is 17.7. The number of benzene rings is 2. The largest absolute Gasteiger partial charge is 0.456 e. The van der Waals surface area contributed by atoms with Crippen molar-refractivity contribution in [3.63, 3.8) is 0 Å². The van der Waals surface area contributed by atoms with Crippen LogP contribution >= 0.6 is 22.9 Å². The highest BCUT2D eigenvalue weighted by Gasteiger charge is 2.24. The van der Waals surface area contributed by atoms with Crippen LogP contribution in [0.1, 0.15) is 24.3 Å². The minimum atomic E-state index is 0.546. The molecule has 0 spiro atoms. The van der Waals surface area contributed by atoms with Gasteiger partial charge in [0.15, 0.2) is 0 Å². The molecular weight excluding hydrogens is 392 g/mol. The lowest BCUT2D eigenvalue weighted by atomic mass is 10.1. The van der Waals surface area contributed by atoms with Gasteiger partial charge in [-0.2, -0.15) is 4.98 Å². The van der Waals surface area contributed by atoms with Crippen molar-refractivity contribution in [3.8, 4) is 16.5 Å². The Bertz CT molecular complexity index is 1110. The van der Waals surface area contributed by atoms with E-state index >= 15 is 0 Å². The molecule has 1 fully saturated rings. The molecule has 28 heavy (non-hydrogen) atoms. The van der Waals surface area contributed by atoms with E-state index in [9.17, 15) is 0 Å². The molecule has 0 amide bonds. The monoisotopic (exact) mass is 408 g/mol. The summed E-state index contributed by atoms with van der Waals surface area (Å²) in [7, 11) is 0. The average Bonchev–Trinajstić information content (AvgIpc) is 3.20. The van der Waals surface area contributed by atoms with Gasteiger partial charge in [-0.25, -0.2) is 4.68 Å². The SMILES string of the molecule is Clc1ccccc1Oc1cc(Nc2ncn(-c3cccs3)n2)cc(C2CC2)c1. The van der Waals surface area contributed by atoms with Gasteiger partial charge in [-0.3, -0.25) is 0 Å². The third kappa shape index (κ3) is 3.74. The van der Waals surface area contributed by atoms with Crippen molar-refractivity contribution >= 4 is 34.6 Å². The van der Waals surface area contributed by atoms with E-state index in [1.165, 1.54) is 18.4 Å². The predicted molar refractivity (Wildman–Crippen MR) is 112 cm³/mol. The Morgan fingerprint density at radius 2 is 2.00 bits per heavy atom. The minimum absolute atomic E-state index is 0.546. The van der Waals surface area contributed by atoms with Crippen molar-refractivity contribution < 1.29 is 4.74 Å². The van der Waals surface area contributed by atoms with E-state index < -0.39 is 0 Å². The van der Waals surface area contributed by atoms with E-state index in [4.69, 9.17) is 16.3 Å². The maximum absolute atomic E-state index is 6.25. The summed E-state index contributed by atoms with van der Waals surface area (Å²) < 4.78 is 7.82. The van der Waals surface area contributed by atoms with Crippen LogP contribution in [0.25, 0.3) is 5.00 Å². The van der Waals surface area contributed by atoms with Crippen molar-refractivity contribution in [2.45, 2.75) is 18.8 Å². The Hall–Kier alpha value is -2.83. The Morgan fingerprint density at radius 1 is 1.11 bits per heavy atom. The van der Waals surface area contributed by atoms with Gasteiger partial charge < -0.3 is 10.1 Å². The average molecular weight is 409 g/mol. The van der Waals surface area contributed by atoms with Crippen LogP contribution in [0.3, 0.4) is 0 Å². The van der Waals surface area contributed by atoms with Crippen molar-refractivity contribution in [2.75, 3.05) is 5.32 Å². The van der Waals surface area contributed by atoms with E-state index in [-0.39, 0.29) is 0 Å². The Balaban J connectivity index is 1.42. The lowest BCUT2D eigenvalue weighted by molar-refractivity contribution is 0.482. The lowest BCUT2D eigenvalue weighted by Gasteiger charge is -2.12. The number of para-hydroxylation sites is 1. The van der Waals surface area contributed by atoms with Crippen LogP contribution in [-0.4, -0.2) is 14.8 Å². The third-order valence-electron chi connectivity index (χ3n) is 4.52.